The number of rotatable bonds is 2. The number of fused-ring (bicyclic) bond motifs is 1. The minimum Gasteiger partial charge on any atom is -0.493 e. The predicted molar refractivity (Wildman–Crippen MR) is 64.3 cm³/mol. The fraction of sp³-hybridized carbons (Fsp3) is 0.167. The van der Waals surface area contributed by atoms with E-state index in [-0.39, 0.29) is 0 Å². The Morgan fingerprint density at radius 3 is 2.33 bits per heavy atom. The van der Waals surface area contributed by atoms with Crippen LogP contribution in [-0.2, 0) is 0 Å². The second-order valence-electron chi connectivity index (χ2n) is 3.21. The first kappa shape index (κ1) is 10.2. The van der Waals surface area contributed by atoms with Crippen molar-refractivity contribution in [2.45, 2.75) is 4.90 Å². The summed E-state index contributed by atoms with van der Waals surface area (Å²) in [5, 5.41) is 2.17. The zero-order chi connectivity index (χ0) is 10.8. The molecule has 2 aromatic rings. The van der Waals surface area contributed by atoms with Gasteiger partial charge in [0.05, 0.1) is 14.2 Å². The lowest BCUT2D eigenvalue weighted by molar-refractivity contribution is 0.356. The van der Waals surface area contributed by atoms with Crippen LogP contribution in [0.25, 0.3) is 10.8 Å². The van der Waals surface area contributed by atoms with E-state index in [0.717, 1.165) is 27.2 Å². The van der Waals surface area contributed by atoms with Crippen molar-refractivity contribution < 1.29 is 9.47 Å². The van der Waals surface area contributed by atoms with Crippen molar-refractivity contribution in [1.82, 2.24) is 0 Å². The normalized spacial score (nSPS) is 10.3. The molecule has 15 heavy (non-hydrogen) atoms. The van der Waals surface area contributed by atoms with Gasteiger partial charge in [0.2, 0.25) is 0 Å². The topological polar surface area (TPSA) is 18.5 Å². The first-order valence-electron chi connectivity index (χ1n) is 4.60. The van der Waals surface area contributed by atoms with Crippen LogP contribution in [0.15, 0.2) is 35.2 Å². The van der Waals surface area contributed by atoms with Gasteiger partial charge in [0.15, 0.2) is 11.5 Å². The Bertz CT molecular complexity index is 494. The summed E-state index contributed by atoms with van der Waals surface area (Å²) >= 11 is 4.40. The Labute approximate surface area is 94.2 Å². The maximum absolute atomic E-state index is 5.24. The van der Waals surface area contributed by atoms with Gasteiger partial charge in [0.25, 0.3) is 0 Å². The van der Waals surface area contributed by atoms with Gasteiger partial charge in [0, 0.05) is 4.90 Å². The van der Waals surface area contributed by atoms with E-state index >= 15 is 0 Å². The van der Waals surface area contributed by atoms with Crippen LogP contribution in [0.3, 0.4) is 0 Å². The molecule has 0 radical (unpaired) electrons. The first-order valence-corrected chi connectivity index (χ1v) is 5.04. The van der Waals surface area contributed by atoms with E-state index in [2.05, 4.69) is 12.6 Å². The molecule has 0 bridgehead atoms. The Morgan fingerprint density at radius 2 is 1.67 bits per heavy atom. The molecule has 0 spiro atoms. The van der Waals surface area contributed by atoms with Crippen LogP contribution >= 0.6 is 12.6 Å². The molecule has 0 aliphatic carbocycles. The quantitative estimate of drug-likeness (QED) is 0.784. The summed E-state index contributed by atoms with van der Waals surface area (Å²) in [6, 6.07) is 9.84. The monoisotopic (exact) mass is 220 g/mol. The maximum Gasteiger partial charge on any atom is 0.161 e. The SMILES string of the molecule is COc1cc2cccc(S)c2cc1OC. The van der Waals surface area contributed by atoms with Crippen LogP contribution in [0.4, 0.5) is 0 Å². The third-order valence-corrected chi connectivity index (χ3v) is 2.75. The Balaban J connectivity index is 2.75. The summed E-state index contributed by atoms with van der Waals surface area (Å²) in [7, 11) is 3.26. The highest BCUT2D eigenvalue weighted by atomic mass is 32.1. The molecule has 0 unspecified atom stereocenters. The molecule has 0 aliphatic rings. The molecule has 0 fully saturated rings. The predicted octanol–water partition coefficient (Wildman–Crippen LogP) is 3.15. The van der Waals surface area contributed by atoms with Gasteiger partial charge < -0.3 is 9.47 Å². The van der Waals surface area contributed by atoms with Gasteiger partial charge in [-0.1, -0.05) is 12.1 Å². The van der Waals surface area contributed by atoms with Gasteiger partial charge in [-0.3, -0.25) is 0 Å². The highest BCUT2D eigenvalue weighted by Gasteiger charge is 2.06. The molecule has 0 saturated heterocycles. The highest BCUT2D eigenvalue weighted by Crippen LogP contribution is 2.34. The van der Waals surface area contributed by atoms with Crippen LogP contribution in [0.1, 0.15) is 0 Å². The van der Waals surface area contributed by atoms with E-state index in [4.69, 9.17) is 9.47 Å². The largest absolute Gasteiger partial charge is 0.493 e. The van der Waals surface area contributed by atoms with Crippen molar-refractivity contribution in [3.05, 3.63) is 30.3 Å². The number of ether oxygens (including phenoxy) is 2. The minimum absolute atomic E-state index is 0.728. The summed E-state index contributed by atoms with van der Waals surface area (Å²) in [6.45, 7) is 0. The number of benzene rings is 2. The van der Waals surface area contributed by atoms with E-state index in [1.807, 2.05) is 30.3 Å². The van der Waals surface area contributed by atoms with E-state index in [0.29, 0.717) is 0 Å². The van der Waals surface area contributed by atoms with Crippen molar-refractivity contribution in [2.24, 2.45) is 0 Å². The highest BCUT2D eigenvalue weighted by molar-refractivity contribution is 7.80. The van der Waals surface area contributed by atoms with Gasteiger partial charge in [0.1, 0.15) is 0 Å². The summed E-state index contributed by atoms with van der Waals surface area (Å²) < 4.78 is 10.5. The minimum atomic E-state index is 0.728. The number of methoxy groups -OCH3 is 2. The first-order chi connectivity index (χ1) is 7.26. The molecule has 3 heteroatoms. The van der Waals surface area contributed by atoms with Crippen LogP contribution in [0, 0.1) is 0 Å². The molecule has 2 aromatic carbocycles. The maximum atomic E-state index is 5.24. The van der Waals surface area contributed by atoms with Crippen molar-refractivity contribution >= 4 is 23.4 Å². The van der Waals surface area contributed by atoms with Gasteiger partial charge in [-0.15, -0.1) is 12.6 Å². The molecular weight excluding hydrogens is 208 g/mol. The number of thiol groups is 1. The molecule has 0 N–H and O–H groups in total. The lowest BCUT2D eigenvalue weighted by Crippen LogP contribution is -1.90. The van der Waals surface area contributed by atoms with Crippen molar-refractivity contribution in [1.29, 1.82) is 0 Å². The third-order valence-electron chi connectivity index (χ3n) is 2.36. The summed E-state index contributed by atoms with van der Waals surface area (Å²) in [5.74, 6) is 1.47. The zero-order valence-corrected chi connectivity index (χ0v) is 9.54. The molecule has 0 aliphatic heterocycles. The van der Waals surface area contributed by atoms with Crippen molar-refractivity contribution in [2.75, 3.05) is 14.2 Å². The number of hydrogen-bond donors (Lipinski definition) is 1. The second kappa shape index (κ2) is 4.03. The van der Waals surface area contributed by atoms with Crippen molar-refractivity contribution in [3.63, 3.8) is 0 Å². The van der Waals surface area contributed by atoms with Gasteiger partial charge in [-0.25, -0.2) is 0 Å². The van der Waals surface area contributed by atoms with Gasteiger partial charge >= 0.3 is 0 Å². The van der Waals surface area contributed by atoms with Crippen molar-refractivity contribution in [3.8, 4) is 11.5 Å². The Kier molecular flexibility index (Phi) is 2.73. The second-order valence-corrected chi connectivity index (χ2v) is 3.69. The average molecular weight is 220 g/mol. The van der Waals surface area contributed by atoms with E-state index in [9.17, 15) is 0 Å². The number of hydrogen-bond acceptors (Lipinski definition) is 3. The third kappa shape index (κ3) is 1.75. The average Bonchev–Trinajstić information content (AvgIpc) is 2.28. The van der Waals surface area contributed by atoms with E-state index in [1.54, 1.807) is 14.2 Å². The molecule has 78 valence electrons. The van der Waals surface area contributed by atoms with Gasteiger partial charge in [-0.05, 0) is 29.0 Å². The van der Waals surface area contributed by atoms with E-state index < -0.39 is 0 Å². The molecular formula is C12H12O2S. The van der Waals surface area contributed by atoms with Crippen LogP contribution in [0.2, 0.25) is 0 Å². The lowest BCUT2D eigenvalue weighted by Gasteiger charge is -2.09. The smallest absolute Gasteiger partial charge is 0.161 e. The fourth-order valence-corrected chi connectivity index (χ4v) is 1.87. The Hall–Kier alpha value is -1.35. The summed E-state index contributed by atoms with van der Waals surface area (Å²) in [5.41, 5.74) is 0. The van der Waals surface area contributed by atoms with E-state index in [1.165, 1.54) is 0 Å². The lowest BCUT2D eigenvalue weighted by atomic mass is 10.1. The van der Waals surface area contributed by atoms with Crippen LogP contribution in [-0.4, -0.2) is 14.2 Å². The molecule has 2 nitrogen and oxygen atoms in total. The molecule has 0 aromatic heterocycles. The molecule has 0 saturated carbocycles. The summed E-state index contributed by atoms with van der Waals surface area (Å²) in [6.07, 6.45) is 0. The zero-order valence-electron chi connectivity index (χ0n) is 8.65. The molecule has 0 heterocycles. The molecule has 2 rings (SSSR count). The Morgan fingerprint density at radius 1 is 1.00 bits per heavy atom. The fourth-order valence-electron chi connectivity index (χ4n) is 1.59. The van der Waals surface area contributed by atoms with Crippen LogP contribution in [0.5, 0.6) is 11.5 Å². The molecule has 0 amide bonds. The van der Waals surface area contributed by atoms with Crippen LogP contribution < -0.4 is 9.47 Å². The summed E-state index contributed by atoms with van der Waals surface area (Å²) in [4.78, 5) is 0.938. The molecule has 0 atom stereocenters. The van der Waals surface area contributed by atoms with Gasteiger partial charge in [-0.2, -0.15) is 0 Å². The standard InChI is InChI=1S/C12H12O2S/c1-13-10-6-8-4-3-5-12(15)9(8)7-11(10)14-2/h3-7,15H,1-2H3.